The van der Waals surface area contributed by atoms with Crippen LogP contribution in [0.15, 0.2) is 18.2 Å². The monoisotopic (exact) mass is 288 g/mol. The molecule has 1 aliphatic rings. The standard InChI is InChI=1S/C18H28N2O/c1-13-5-4-6-15(11-13)9-10-20-18(21)16-7-8-17(19-3)14(2)12-16/h7-8,12-13,15,19H,4-6,9-11H2,1-3H3,(H,20,21). The molecule has 0 aromatic heterocycles. The molecule has 0 radical (unpaired) electrons. The molecule has 0 spiro atoms. The summed E-state index contributed by atoms with van der Waals surface area (Å²) >= 11 is 0. The lowest BCUT2D eigenvalue weighted by atomic mass is 9.81. The molecule has 1 saturated carbocycles. The van der Waals surface area contributed by atoms with E-state index in [4.69, 9.17) is 0 Å². The third-order valence-corrected chi connectivity index (χ3v) is 4.64. The summed E-state index contributed by atoms with van der Waals surface area (Å²) in [6, 6.07) is 5.80. The number of hydrogen-bond acceptors (Lipinski definition) is 2. The van der Waals surface area contributed by atoms with Crippen LogP contribution < -0.4 is 10.6 Å². The van der Waals surface area contributed by atoms with Crippen molar-refractivity contribution in [3.8, 4) is 0 Å². The summed E-state index contributed by atoms with van der Waals surface area (Å²) in [5.74, 6) is 1.70. The number of anilines is 1. The zero-order valence-corrected chi connectivity index (χ0v) is 13.5. The van der Waals surface area contributed by atoms with Gasteiger partial charge in [-0.3, -0.25) is 4.79 Å². The van der Waals surface area contributed by atoms with E-state index in [-0.39, 0.29) is 5.91 Å². The first-order chi connectivity index (χ1) is 10.1. The summed E-state index contributed by atoms with van der Waals surface area (Å²) in [5, 5.41) is 6.19. The Labute approximate surface area is 128 Å². The minimum absolute atomic E-state index is 0.0459. The molecule has 1 fully saturated rings. The van der Waals surface area contributed by atoms with Crippen molar-refractivity contribution < 1.29 is 4.79 Å². The fourth-order valence-electron chi connectivity index (χ4n) is 3.40. The van der Waals surface area contributed by atoms with Crippen LogP contribution in [-0.2, 0) is 0 Å². The van der Waals surface area contributed by atoms with Gasteiger partial charge in [0.2, 0.25) is 0 Å². The molecule has 0 heterocycles. The average Bonchev–Trinajstić information content (AvgIpc) is 2.47. The Morgan fingerprint density at radius 1 is 1.33 bits per heavy atom. The summed E-state index contributed by atoms with van der Waals surface area (Å²) in [4.78, 5) is 12.2. The van der Waals surface area contributed by atoms with Gasteiger partial charge in [-0.2, -0.15) is 0 Å². The predicted octanol–water partition coefficient (Wildman–Crippen LogP) is 3.98. The molecular weight excluding hydrogens is 260 g/mol. The number of rotatable bonds is 5. The van der Waals surface area contributed by atoms with Gasteiger partial charge in [0.25, 0.3) is 5.91 Å². The van der Waals surface area contributed by atoms with Crippen LogP contribution in [0.25, 0.3) is 0 Å². The quantitative estimate of drug-likeness (QED) is 0.860. The fourth-order valence-corrected chi connectivity index (χ4v) is 3.40. The molecule has 1 aliphatic carbocycles. The van der Waals surface area contributed by atoms with Crippen molar-refractivity contribution in [2.75, 3.05) is 18.9 Å². The van der Waals surface area contributed by atoms with Gasteiger partial charge in [-0.15, -0.1) is 0 Å². The van der Waals surface area contributed by atoms with Crippen LogP contribution in [-0.4, -0.2) is 19.5 Å². The van der Waals surface area contributed by atoms with Gasteiger partial charge in [-0.1, -0.05) is 26.2 Å². The first-order valence-corrected chi connectivity index (χ1v) is 8.16. The smallest absolute Gasteiger partial charge is 0.251 e. The molecular formula is C18H28N2O. The predicted molar refractivity (Wildman–Crippen MR) is 88.8 cm³/mol. The normalized spacial score (nSPS) is 21.9. The molecule has 3 heteroatoms. The number of amides is 1. The van der Waals surface area contributed by atoms with Crippen LogP contribution in [0.1, 0.15) is 54.9 Å². The Balaban J connectivity index is 1.80. The highest BCUT2D eigenvalue weighted by Crippen LogP contribution is 2.30. The van der Waals surface area contributed by atoms with E-state index < -0.39 is 0 Å². The van der Waals surface area contributed by atoms with Gasteiger partial charge in [0.05, 0.1) is 0 Å². The number of aryl methyl sites for hydroxylation is 1. The minimum Gasteiger partial charge on any atom is -0.388 e. The van der Waals surface area contributed by atoms with Gasteiger partial charge in [-0.05, 0) is 55.4 Å². The molecule has 0 bridgehead atoms. The highest BCUT2D eigenvalue weighted by Gasteiger charge is 2.18. The molecule has 1 aromatic rings. The second-order valence-corrected chi connectivity index (χ2v) is 6.46. The lowest BCUT2D eigenvalue weighted by Crippen LogP contribution is -2.27. The van der Waals surface area contributed by atoms with Crippen molar-refractivity contribution in [2.24, 2.45) is 11.8 Å². The molecule has 2 N–H and O–H groups in total. The number of hydrogen-bond donors (Lipinski definition) is 2. The Morgan fingerprint density at radius 3 is 2.81 bits per heavy atom. The third kappa shape index (κ3) is 4.48. The van der Waals surface area contributed by atoms with Crippen molar-refractivity contribution in [1.82, 2.24) is 5.32 Å². The lowest BCUT2D eigenvalue weighted by molar-refractivity contribution is 0.0949. The molecule has 2 unspecified atom stereocenters. The summed E-state index contributed by atoms with van der Waals surface area (Å²) in [6.45, 7) is 5.16. The topological polar surface area (TPSA) is 41.1 Å². The Hall–Kier alpha value is -1.51. The zero-order chi connectivity index (χ0) is 15.2. The maximum Gasteiger partial charge on any atom is 0.251 e. The van der Waals surface area contributed by atoms with Crippen LogP contribution in [0.3, 0.4) is 0 Å². The summed E-state index contributed by atoms with van der Waals surface area (Å²) < 4.78 is 0. The van der Waals surface area contributed by atoms with E-state index in [1.807, 2.05) is 32.2 Å². The van der Waals surface area contributed by atoms with Crippen molar-refractivity contribution in [1.29, 1.82) is 0 Å². The maximum absolute atomic E-state index is 12.2. The number of carbonyl (C=O) groups excluding carboxylic acids is 1. The van der Waals surface area contributed by atoms with E-state index in [1.54, 1.807) is 0 Å². The van der Waals surface area contributed by atoms with Gasteiger partial charge in [-0.25, -0.2) is 0 Å². The van der Waals surface area contributed by atoms with E-state index in [2.05, 4.69) is 17.6 Å². The van der Waals surface area contributed by atoms with E-state index in [0.29, 0.717) is 0 Å². The van der Waals surface area contributed by atoms with Gasteiger partial charge in [0.15, 0.2) is 0 Å². The Morgan fingerprint density at radius 2 is 2.14 bits per heavy atom. The molecule has 3 nitrogen and oxygen atoms in total. The van der Waals surface area contributed by atoms with E-state index in [0.717, 1.165) is 41.6 Å². The second kappa shape index (κ2) is 7.48. The maximum atomic E-state index is 12.2. The van der Waals surface area contributed by atoms with Gasteiger partial charge >= 0.3 is 0 Å². The van der Waals surface area contributed by atoms with E-state index >= 15 is 0 Å². The van der Waals surface area contributed by atoms with E-state index in [1.165, 1.54) is 25.7 Å². The van der Waals surface area contributed by atoms with Crippen molar-refractivity contribution in [2.45, 2.75) is 46.0 Å². The Bertz CT molecular complexity index is 484. The van der Waals surface area contributed by atoms with Crippen LogP contribution in [0.2, 0.25) is 0 Å². The first kappa shape index (κ1) is 15.9. The highest BCUT2D eigenvalue weighted by molar-refractivity contribution is 5.94. The first-order valence-electron chi connectivity index (χ1n) is 8.16. The number of nitrogens with one attached hydrogen (secondary N) is 2. The molecule has 1 amide bonds. The van der Waals surface area contributed by atoms with Crippen LogP contribution in [0.5, 0.6) is 0 Å². The summed E-state index contributed by atoms with van der Waals surface area (Å²) in [7, 11) is 1.90. The molecule has 2 atom stereocenters. The van der Waals surface area contributed by atoms with Gasteiger partial charge < -0.3 is 10.6 Å². The largest absolute Gasteiger partial charge is 0.388 e. The summed E-state index contributed by atoms with van der Waals surface area (Å²) in [5.41, 5.74) is 2.93. The number of carbonyl (C=O) groups is 1. The highest BCUT2D eigenvalue weighted by atomic mass is 16.1. The van der Waals surface area contributed by atoms with Crippen LogP contribution in [0.4, 0.5) is 5.69 Å². The Kier molecular flexibility index (Phi) is 5.66. The molecule has 116 valence electrons. The SMILES string of the molecule is CNc1ccc(C(=O)NCCC2CCCC(C)C2)cc1C. The lowest BCUT2D eigenvalue weighted by Gasteiger charge is -2.26. The van der Waals surface area contributed by atoms with Crippen LogP contribution in [0, 0.1) is 18.8 Å². The molecule has 2 rings (SSSR count). The minimum atomic E-state index is 0.0459. The molecule has 1 aromatic carbocycles. The van der Waals surface area contributed by atoms with E-state index in [9.17, 15) is 4.79 Å². The second-order valence-electron chi connectivity index (χ2n) is 6.46. The third-order valence-electron chi connectivity index (χ3n) is 4.64. The molecule has 0 saturated heterocycles. The average molecular weight is 288 g/mol. The van der Waals surface area contributed by atoms with Crippen molar-refractivity contribution in [3.05, 3.63) is 29.3 Å². The molecule has 21 heavy (non-hydrogen) atoms. The van der Waals surface area contributed by atoms with Crippen molar-refractivity contribution in [3.63, 3.8) is 0 Å². The van der Waals surface area contributed by atoms with Crippen LogP contribution >= 0.6 is 0 Å². The van der Waals surface area contributed by atoms with Crippen molar-refractivity contribution >= 4 is 11.6 Å². The van der Waals surface area contributed by atoms with Gasteiger partial charge in [0.1, 0.15) is 0 Å². The zero-order valence-electron chi connectivity index (χ0n) is 13.5. The fraction of sp³-hybridized carbons (Fsp3) is 0.611. The number of benzene rings is 1. The summed E-state index contributed by atoms with van der Waals surface area (Å²) in [6.07, 6.45) is 6.50. The van der Waals surface area contributed by atoms with Gasteiger partial charge in [0, 0.05) is 24.8 Å². The molecule has 0 aliphatic heterocycles.